The van der Waals surface area contributed by atoms with Crippen LogP contribution in [0.25, 0.3) is 10.8 Å². The molecule has 3 aromatic carbocycles. The fourth-order valence-corrected chi connectivity index (χ4v) is 5.37. The summed E-state index contributed by atoms with van der Waals surface area (Å²) >= 11 is 0. The van der Waals surface area contributed by atoms with E-state index < -0.39 is 37.5 Å². The van der Waals surface area contributed by atoms with Crippen LogP contribution in [0.4, 0.5) is 5.69 Å². The Morgan fingerprint density at radius 2 is 1.69 bits per heavy atom. The number of rotatable bonds is 14. The standard InChI is InChI=1S/C26H31N3O6S/c1-35-26(30)23(28-36(33,34)25-13-7-6-12-24(25)29(31)32)11-3-2-8-17-27-18-16-20-14-15-21-9-4-5-10-22(21)19-20/h4-7,9-10,12-15,19,23,27-28H,2-3,8,11,16-18H2,1H3. The predicted octanol–water partition coefficient (Wildman–Crippen LogP) is 3.96. The van der Waals surface area contributed by atoms with Gasteiger partial charge in [0.2, 0.25) is 10.0 Å². The summed E-state index contributed by atoms with van der Waals surface area (Å²) in [5, 5.41) is 17.1. The molecule has 0 saturated heterocycles. The van der Waals surface area contributed by atoms with Crippen molar-refractivity contribution in [2.45, 2.75) is 43.0 Å². The number of sulfonamides is 1. The number of para-hydroxylation sites is 1. The number of carbonyl (C=O) groups excluding carboxylic acids is 1. The Hall–Kier alpha value is -3.34. The van der Waals surface area contributed by atoms with Gasteiger partial charge < -0.3 is 10.1 Å². The number of esters is 1. The molecule has 0 radical (unpaired) electrons. The van der Waals surface area contributed by atoms with Crippen LogP contribution in [0, 0.1) is 10.1 Å². The lowest BCUT2D eigenvalue weighted by molar-refractivity contribution is -0.387. The first kappa shape index (κ1) is 27.3. The van der Waals surface area contributed by atoms with Gasteiger partial charge in [0.15, 0.2) is 4.90 Å². The predicted molar refractivity (Wildman–Crippen MR) is 138 cm³/mol. The lowest BCUT2D eigenvalue weighted by Crippen LogP contribution is -2.41. The van der Waals surface area contributed by atoms with Crippen molar-refractivity contribution < 1.29 is 22.9 Å². The minimum Gasteiger partial charge on any atom is -0.468 e. The normalized spacial score (nSPS) is 12.4. The van der Waals surface area contributed by atoms with Crippen LogP contribution in [0.15, 0.2) is 71.6 Å². The van der Waals surface area contributed by atoms with Crippen LogP contribution in [0.2, 0.25) is 0 Å². The molecule has 0 bridgehead atoms. The Morgan fingerprint density at radius 1 is 0.972 bits per heavy atom. The second-order valence-electron chi connectivity index (χ2n) is 8.45. The number of nitrogens with one attached hydrogen (secondary N) is 2. The zero-order chi connectivity index (χ0) is 26.0. The van der Waals surface area contributed by atoms with Gasteiger partial charge in [0.05, 0.1) is 12.0 Å². The molecule has 0 fully saturated rings. The van der Waals surface area contributed by atoms with E-state index in [0.29, 0.717) is 6.42 Å². The van der Waals surface area contributed by atoms with Gasteiger partial charge in [-0.05, 0) is 54.8 Å². The van der Waals surface area contributed by atoms with Crippen molar-refractivity contribution in [1.29, 1.82) is 0 Å². The number of unbranched alkanes of at least 4 members (excludes halogenated alkanes) is 2. The minimum atomic E-state index is -4.29. The Morgan fingerprint density at radius 3 is 2.44 bits per heavy atom. The number of benzene rings is 3. The molecule has 0 aliphatic rings. The highest BCUT2D eigenvalue weighted by molar-refractivity contribution is 7.89. The fourth-order valence-electron chi connectivity index (χ4n) is 3.98. The first-order valence-electron chi connectivity index (χ1n) is 11.8. The van der Waals surface area contributed by atoms with Gasteiger partial charge in [0, 0.05) is 6.07 Å². The Kier molecular flexibility index (Phi) is 9.92. The maximum Gasteiger partial charge on any atom is 0.323 e. The molecule has 0 aromatic heterocycles. The summed E-state index contributed by atoms with van der Waals surface area (Å²) in [6.07, 6.45) is 3.38. The smallest absolute Gasteiger partial charge is 0.323 e. The topological polar surface area (TPSA) is 128 Å². The van der Waals surface area contributed by atoms with Crippen LogP contribution in [0.3, 0.4) is 0 Å². The molecule has 1 unspecified atom stereocenters. The summed E-state index contributed by atoms with van der Waals surface area (Å²) < 4.78 is 32.5. The summed E-state index contributed by atoms with van der Waals surface area (Å²) in [6, 6.07) is 18.6. The number of nitro benzene ring substituents is 1. The van der Waals surface area contributed by atoms with Crippen molar-refractivity contribution in [2.75, 3.05) is 20.2 Å². The minimum absolute atomic E-state index is 0.226. The van der Waals surface area contributed by atoms with Crippen molar-refractivity contribution in [3.05, 3.63) is 82.4 Å². The third-order valence-electron chi connectivity index (χ3n) is 5.89. The molecule has 3 rings (SSSR count). The molecule has 0 saturated carbocycles. The number of hydrogen-bond donors (Lipinski definition) is 2. The average molecular weight is 514 g/mol. The zero-order valence-electron chi connectivity index (χ0n) is 20.2. The van der Waals surface area contributed by atoms with E-state index in [4.69, 9.17) is 4.74 Å². The monoisotopic (exact) mass is 513 g/mol. The quantitative estimate of drug-likeness (QED) is 0.145. The van der Waals surface area contributed by atoms with Crippen LogP contribution >= 0.6 is 0 Å². The van der Waals surface area contributed by atoms with Crippen LogP contribution in [0.1, 0.15) is 31.2 Å². The van der Waals surface area contributed by atoms with E-state index in [1.54, 1.807) is 0 Å². The third-order valence-corrected chi connectivity index (χ3v) is 7.40. The summed E-state index contributed by atoms with van der Waals surface area (Å²) in [6.45, 7) is 1.65. The van der Waals surface area contributed by atoms with Gasteiger partial charge in [-0.15, -0.1) is 0 Å². The SMILES string of the molecule is COC(=O)C(CCCCCNCCc1ccc2ccccc2c1)NS(=O)(=O)c1ccccc1[N+](=O)[O-]. The second-order valence-corrected chi connectivity index (χ2v) is 10.1. The number of carbonyl (C=O) groups is 1. The highest BCUT2D eigenvalue weighted by Gasteiger charge is 2.30. The highest BCUT2D eigenvalue weighted by Crippen LogP contribution is 2.23. The summed E-state index contributed by atoms with van der Waals surface area (Å²) in [5.41, 5.74) is 0.719. The van der Waals surface area contributed by atoms with Gasteiger partial charge in [0.1, 0.15) is 6.04 Å². The molecule has 9 nitrogen and oxygen atoms in total. The molecule has 192 valence electrons. The number of nitrogens with zero attached hydrogens (tertiary/aromatic N) is 1. The third kappa shape index (κ3) is 7.58. The van der Waals surface area contributed by atoms with E-state index in [-0.39, 0.29) is 6.42 Å². The van der Waals surface area contributed by atoms with Gasteiger partial charge in [0.25, 0.3) is 5.69 Å². The van der Waals surface area contributed by atoms with E-state index in [1.165, 1.54) is 35.6 Å². The largest absolute Gasteiger partial charge is 0.468 e. The Labute approximate surface area is 211 Å². The van der Waals surface area contributed by atoms with Crippen molar-refractivity contribution in [3.8, 4) is 0 Å². The molecule has 0 aliphatic heterocycles. The van der Waals surface area contributed by atoms with Crippen LogP contribution < -0.4 is 10.0 Å². The molecule has 2 N–H and O–H groups in total. The summed E-state index contributed by atoms with van der Waals surface area (Å²) in [7, 11) is -3.12. The Bertz CT molecular complexity index is 1300. The maximum absolute atomic E-state index is 12.8. The highest BCUT2D eigenvalue weighted by atomic mass is 32.2. The number of fused-ring (bicyclic) bond motifs is 1. The molecule has 1 atom stereocenters. The number of ether oxygens (including phenoxy) is 1. The van der Waals surface area contributed by atoms with Gasteiger partial charge in [-0.25, -0.2) is 8.42 Å². The van der Waals surface area contributed by atoms with Gasteiger partial charge >= 0.3 is 5.97 Å². The fraction of sp³-hybridized carbons (Fsp3) is 0.346. The van der Waals surface area contributed by atoms with E-state index in [2.05, 4.69) is 40.4 Å². The molecule has 0 aliphatic carbocycles. The van der Waals surface area contributed by atoms with Crippen LogP contribution in [-0.4, -0.2) is 45.6 Å². The van der Waals surface area contributed by atoms with Crippen molar-refractivity contribution in [2.24, 2.45) is 0 Å². The molecule has 3 aromatic rings. The lowest BCUT2D eigenvalue weighted by Gasteiger charge is -2.16. The van der Waals surface area contributed by atoms with E-state index in [1.807, 2.05) is 12.1 Å². The maximum atomic E-state index is 12.8. The van der Waals surface area contributed by atoms with Gasteiger partial charge in [-0.3, -0.25) is 14.9 Å². The molecular weight excluding hydrogens is 482 g/mol. The molecule has 36 heavy (non-hydrogen) atoms. The first-order valence-corrected chi connectivity index (χ1v) is 13.3. The molecule has 0 spiro atoms. The van der Waals surface area contributed by atoms with E-state index in [9.17, 15) is 23.3 Å². The molecular formula is C26H31N3O6S. The number of hydrogen-bond acceptors (Lipinski definition) is 7. The number of nitro groups is 1. The number of methoxy groups -OCH3 is 1. The van der Waals surface area contributed by atoms with Crippen molar-refractivity contribution in [1.82, 2.24) is 10.0 Å². The average Bonchev–Trinajstić information content (AvgIpc) is 2.88. The van der Waals surface area contributed by atoms with Gasteiger partial charge in [-0.2, -0.15) is 4.72 Å². The van der Waals surface area contributed by atoms with Crippen LogP contribution in [-0.2, 0) is 26.0 Å². The lowest BCUT2D eigenvalue weighted by atomic mass is 10.1. The van der Waals surface area contributed by atoms with Gasteiger partial charge in [-0.1, -0.05) is 67.4 Å². The summed E-state index contributed by atoms with van der Waals surface area (Å²) in [5.74, 6) is -0.731. The molecule has 0 heterocycles. The Balaban J connectivity index is 1.42. The van der Waals surface area contributed by atoms with E-state index in [0.717, 1.165) is 44.5 Å². The molecule has 10 heteroatoms. The molecule has 0 amide bonds. The zero-order valence-corrected chi connectivity index (χ0v) is 21.0. The first-order chi connectivity index (χ1) is 17.3. The van der Waals surface area contributed by atoms with Crippen molar-refractivity contribution >= 4 is 32.5 Å². The summed E-state index contributed by atoms with van der Waals surface area (Å²) in [4.78, 5) is 22.1. The van der Waals surface area contributed by atoms with E-state index >= 15 is 0 Å². The van der Waals surface area contributed by atoms with Crippen LogP contribution in [0.5, 0.6) is 0 Å². The van der Waals surface area contributed by atoms with Crippen molar-refractivity contribution in [3.63, 3.8) is 0 Å². The second kappa shape index (κ2) is 13.1.